The minimum atomic E-state index is -0.324. The average molecular weight is 455 g/mol. The number of hydrogen-bond donors (Lipinski definition) is 0. The van der Waals surface area contributed by atoms with Gasteiger partial charge in [0.25, 0.3) is 5.56 Å². The maximum Gasteiger partial charge on any atom is 0.282 e. The van der Waals surface area contributed by atoms with E-state index in [0.717, 1.165) is 19.3 Å². The Kier molecular flexibility index (Phi) is 5.20. The highest BCUT2D eigenvalue weighted by Gasteiger charge is 2.26. The van der Waals surface area contributed by atoms with Gasteiger partial charge >= 0.3 is 0 Å². The van der Waals surface area contributed by atoms with E-state index in [4.69, 9.17) is 0 Å². The van der Waals surface area contributed by atoms with Gasteiger partial charge in [0.05, 0.1) is 16.7 Å². The third-order valence-corrected chi connectivity index (χ3v) is 6.33. The van der Waals surface area contributed by atoms with Crippen molar-refractivity contribution in [2.45, 2.75) is 31.8 Å². The van der Waals surface area contributed by atoms with Gasteiger partial charge in [0.1, 0.15) is 11.0 Å². The highest BCUT2D eigenvalue weighted by molar-refractivity contribution is 9.13. The van der Waals surface area contributed by atoms with Crippen molar-refractivity contribution in [3.8, 4) is 0 Å². The Morgan fingerprint density at radius 3 is 2.92 bits per heavy atom. The van der Waals surface area contributed by atoms with Crippen molar-refractivity contribution in [1.29, 1.82) is 0 Å². The van der Waals surface area contributed by atoms with Gasteiger partial charge < -0.3 is 4.90 Å². The standard InChI is InChI=1S/C17H17Br2N3O2/c1-21(14-8-4-6-11-5-2-3-7-12(11)14)15(23)10-22-17(24)16(19)13(18)9-20-22/h2-3,5,7,9,14H,4,6,8,10H2,1H3. The van der Waals surface area contributed by atoms with E-state index in [0.29, 0.717) is 8.95 Å². The van der Waals surface area contributed by atoms with E-state index >= 15 is 0 Å². The highest BCUT2D eigenvalue weighted by Crippen LogP contribution is 2.33. The van der Waals surface area contributed by atoms with Crippen molar-refractivity contribution in [1.82, 2.24) is 14.7 Å². The van der Waals surface area contributed by atoms with Crippen LogP contribution in [-0.2, 0) is 17.8 Å². The molecule has 1 amide bonds. The summed E-state index contributed by atoms with van der Waals surface area (Å²) in [7, 11) is 1.80. The predicted molar refractivity (Wildman–Crippen MR) is 98.8 cm³/mol. The van der Waals surface area contributed by atoms with E-state index in [9.17, 15) is 9.59 Å². The van der Waals surface area contributed by atoms with Gasteiger partial charge in [-0.05, 0) is 62.2 Å². The topological polar surface area (TPSA) is 55.2 Å². The van der Waals surface area contributed by atoms with Crippen LogP contribution in [0.5, 0.6) is 0 Å². The molecule has 0 N–H and O–H groups in total. The van der Waals surface area contributed by atoms with Crippen LogP contribution < -0.4 is 5.56 Å². The Bertz CT molecular complexity index is 835. The van der Waals surface area contributed by atoms with Crippen LogP contribution in [0.15, 0.2) is 44.2 Å². The number of nitrogens with zero attached hydrogens (tertiary/aromatic N) is 3. The van der Waals surface area contributed by atoms with Gasteiger partial charge in [0.2, 0.25) is 5.91 Å². The van der Waals surface area contributed by atoms with Gasteiger partial charge in [-0.1, -0.05) is 24.3 Å². The number of hydrogen-bond acceptors (Lipinski definition) is 3. The summed E-state index contributed by atoms with van der Waals surface area (Å²) in [5.74, 6) is -0.125. The van der Waals surface area contributed by atoms with Gasteiger partial charge in [-0.15, -0.1) is 0 Å². The Morgan fingerprint density at radius 1 is 1.38 bits per heavy atom. The van der Waals surface area contributed by atoms with Gasteiger partial charge in [-0.2, -0.15) is 5.10 Å². The fraction of sp³-hybridized carbons (Fsp3) is 0.353. The molecule has 5 nitrogen and oxygen atoms in total. The smallest absolute Gasteiger partial charge is 0.282 e. The summed E-state index contributed by atoms with van der Waals surface area (Å²) in [5, 5.41) is 4.03. The molecule has 0 spiro atoms. The van der Waals surface area contributed by atoms with Crippen LogP contribution in [0, 0.1) is 0 Å². The van der Waals surface area contributed by atoms with E-state index < -0.39 is 0 Å². The number of halogens is 2. The molecule has 2 aromatic rings. The van der Waals surface area contributed by atoms with Crippen LogP contribution in [0.25, 0.3) is 0 Å². The molecule has 1 unspecified atom stereocenters. The first kappa shape index (κ1) is 17.4. The van der Waals surface area contributed by atoms with Crippen molar-refractivity contribution in [2.24, 2.45) is 0 Å². The van der Waals surface area contributed by atoms with E-state index in [1.165, 1.54) is 22.0 Å². The lowest BCUT2D eigenvalue weighted by Crippen LogP contribution is -2.38. The van der Waals surface area contributed by atoms with Crippen molar-refractivity contribution in [3.05, 3.63) is 60.9 Å². The van der Waals surface area contributed by atoms with Crippen LogP contribution in [0.3, 0.4) is 0 Å². The fourth-order valence-electron chi connectivity index (χ4n) is 3.10. The van der Waals surface area contributed by atoms with E-state index in [1.807, 2.05) is 12.1 Å². The maximum atomic E-state index is 12.7. The number of likely N-dealkylation sites (N-methyl/N-ethyl adjacent to an activating group) is 1. The van der Waals surface area contributed by atoms with Crippen LogP contribution in [0.4, 0.5) is 0 Å². The number of amides is 1. The number of carbonyl (C=O) groups excluding carboxylic acids is 1. The lowest BCUT2D eigenvalue weighted by molar-refractivity contribution is -0.133. The number of aryl methyl sites for hydroxylation is 1. The second-order valence-corrected chi connectivity index (χ2v) is 7.53. The molecule has 0 saturated carbocycles. The van der Waals surface area contributed by atoms with Gasteiger partial charge in [0.15, 0.2) is 0 Å². The molecule has 1 atom stereocenters. The van der Waals surface area contributed by atoms with E-state index in [1.54, 1.807) is 11.9 Å². The van der Waals surface area contributed by atoms with Crippen LogP contribution in [0.2, 0.25) is 0 Å². The maximum absolute atomic E-state index is 12.7. The predicted octanol–water partition coefficient (Wildman–Crippen LogP) is 3.30. The molecule has 1 heterocycles. The second kappa shape index (κ2) is 7.19. The third-order valence-electron chi connectivity index (χ3n) is 4.43. The molecule has 0 fully saturated rings. The molecule has 1 aromatic heterocycles. The fourth-order valence-corrected chi connectivity index (χ4v) is 3.67. The van der Waals surface area contributed by atoms with E-state index in [2.05, 4.69) is 49.1 Å². The molecule has 1 aliphatic rings. The molecular weight excluding hydrogens is 438 g/mol. The quantitative estimate of drug-likeness (QED) is 0.714. The number of carbonyl (C=O) groups is 1. The largest absolute Gasteiger partial charge is 0.337 e. The first-order valence-corrected chi connectivity index (χ1v) is 9.32. The summed E-state index contributed by atoms with van der Waals surface area (Å²) in [5.41, 5.74) is 2.18. The monoisotopic (exact) mass is 453 g/mol. The molecule has 0 saturated heterocycles. The Morgan fingerprint density at radius 2 is 2.12 bits per heavy atom. The van der Waals surface area contributed by atoms with Crippen molar-refractivity contribution in [3.63, 3.8) is 0 Å². The summed E-state index contributed by atoms with van der Waals surface area (Å²) < 4.78 is 2.13. The number of fused-ring (bicyclic) bond motifs is 1. The molecular formula is C17H17Br2N3O2. The molecule has 126 valence electrons. The van der Waals surface area contributed by atoms with Crippen LogP contribution in [0.1, 0.15) is 30.0 Å². The SMILES string of the molecule is CN(C(=O)Cn1ncc(Br)c(Br)c1=O)C1CCCc2ccccc21. The first-order chi connectivity index (χ1) is 11.5. The zero-order valence-electron chi connectivity index (χ0n) is 13.2. The van der Waals surface area contributed by atoms with Crippen molar-refractivity contribution >= 4 is 37.8 Å². The van der Waals surface area contributed by atoms with Gasteiger partial charge in [-0.3, -0.25) is 9.59 Å². The van der Waals surface area contributed by atoms with Crippen LogP contribution >= 0.6 is 31.9 Å². The molecule has 1 aliphatic carbocycles. The van der Waals surface area contributed by atoms with Crippen LogP contribution in [-0.4, -0.2) is 27.6 Å². The molecule has 0 aliphatic heterocycles. The van der Waals surface area contributed by atoms with Crippen molar-refractivity contribution in [2.75, 3.05) is 7.05 Å². The molecule has 0 bridgehead atoms. The summed E-state index contributed by atoms with van der Waals surface area (Å²) in [6, 6.07) is 8.30. The minimum absolute atomic E-state index is 0.0528. The number of benzene rings is 1. The summed E-state index contributed by atoms with van der Waals surface area (Å²) in [4.78, 5) is 26.6. The zero-order chi connectivity index (χ0) is 17.3. The summed E-state index contributed by atoms with van der Waals surface area (Å²) in [6.07, 6.45) is 4.55. The minimum Gasteiger partial charge on any atom is -0.337 e. The molecule has 3 rings (SSSR count). The van der Waals surface area contributed by atoms with Gasteiger partial charge in [0, 0.05) is 7.05 Å². The number of rotatable bonds is 3. The highest BCUT2D eigenvalue weighted by atomic mass is 79.9. The third kappa shape index (κ3) is 3.32. The average Bonchev–Trinajstić information content (AvgIpc) is 2.61. The molecule has 0 radical (unpaired) electrons. The summed E-state index contributed by atoms with van der Waals surface area (Å²) >= 11 is 6.45. The number of aromatic nitrogens is 2. The first-order valence-electron chi connectivity index (χ1n) is 7.73. The molecule has 24 heavy (non-hydrogen) atoms. The lowest BCUT2D eigenvalue weighted by atomic mass is 9.87. The Labute approximate surface area is 156 Å². The normalized spacial score (nSPS) is 16.5. The lowest BCUT2D eigenvalue weighted by Gasteiger charge is -2.33. The van der Waals surface area contributed by atoms with E-state index in [-0.39, 0.29) is 24.1 Å². The summed E-state index contributed by atoms with van der Waals surface area (Å²) in [6.45, 7) is -0.0696. The van der Waals surface area contributed by atoms with Gasteiger partial charge in [-0.25, -0.2) is 4.68 Å². The Balaban J connectivity index is 1.82. The van der Waals surface area contributed by atoms with Crippen molar-refractivity contribution < 1.29 is 4.79 Å². The second-order valence-electron chi connectivity index (χ2n) is 5.88. The molecule has 7 heteroatoms. The zero-order valence-corrected chi connectivity index (χ0v) is 16.4. The Hall–Kier alpha value is -1.47. The molecule has 1 aromatic carbocycles.